The Balaban J connectivity index is 1.20. The number of hydrogen-bond donors (Lipinski definition) is 1. The van der Waals surface area contributed by atoms with Crippen molar-refractivity contribution in [1.29, 1.82) is 5.26 Å². The Hall–Kier alpha value is -5.80. The van der Waals surface area contributed by atoms with Crippen LogP contribution in [-0.2, 0) is 6.54 Å². The van der Waals surface area contributed by atoms with Crippen LogP contribution in [0.5, 0.6) is 0 Å². The van der Waals surface area contributed by atoms with Gasteiger partial charge in [-0.2, -0.15) is 5.26 Å². The molecular weight excluding hydrogens is 581 g/mol. The molecule has 6 aromatic rings. The van der Waals surface area contributed by atoms with E-state index in [1.807, 2.05) is 41.0 Å². The van der Waals surface area contributed by atoms with Crippen molar-refractivity contribution < 1.29 is 4.39 Å². The fraction of sp³-hybridized carbons (Fsp3) is 0.206. The molecule has 46 heavy (non-hydrogen) atoms. The molecule has 7 rings (SSSR count). The quantitative estimate of drug-likeness (QED) is 0.273. The van der Waals surface area contributed by atoms with Crippen molar-refractivity contribution in [2.24, 2.45) is 0 Å². The number of anilines is 2. The predicted octanol–water partition coefficient (Wildman–Crippen LogP) is 5.03. The molecule has 1 aliphatic heterocycles. The van der Waals surface area contributed by atoms with Gasteiger partial charge in [0.25, 0.3) is 0 Å². The van der Waals surface area contributed by atoms with Crippen LogP contribution in [-0.4, -0.2) is 64.5 Å². The average Bonchev–Trinajstić information content (AvgIpc) is 3.45. The predicted molar refractivity (Wildman–Crippen MR) is 173 cm³/mol. The number of nitrogens with two attached hydrogens (primary N) is 1. The van der Waals surface area contributed by atoms with Gasteiger partial charge in [0, 0.05) is 49.8 Å². The standard InChI is InChI=1S/C34H30FN11/c1-21-18-44(31-13-15-38-30(16-36)43-31)19-22(2)45(21)20-23-5-8-25(9-6-23)46-33(26-4-3-14-39-32(26)37)42-29-12-11-28(41-34(29)46)27-10-7-24(35)17-40-27/h3-15,17,21-22H,18-20H2,1-2H3,(H2,37,39)/t21-,22-/m0/s1. The van der Waals surface area contributed by atoms with E-state index in [4.69, 9.17) is 15.7 Å². The number of imidazole rings is 1. The van der Waals surface area contributed by atoms with Crippen molar-refractivity contribution in [2.75, 3.05) is 23.7 Å². The second kappa shape index (κ2) is 11.9. The van der Waals surface area contributed by atoms with E-state index in [2.05, 4.69) is 67.8 Å². The summed E-state index contributed by atoms with van der Waals surface area (Å²) in [4.78, 5) is 31.4. The molecule has 12 heteroatoms. The number of nitrogens with zero attached hydrogens (tertiary/aromatic N) is 10. The van der Waals surface area contributed by atoms with Gasteiger partial charge in [-0.15, -0.1) is 0 Å². The number of aromatic nitrogens is 7. The van der Waals surface area contributed by atoms with Gasteiger partial charge in [0.1, 0.15) is 29.0 Å². The third kappa shape index (κ3) is 5.48. The van der Waals surface area contributed by atoms with Crippen molar-refractivity contribution in [3.05, 3.63) is 103 Å². The van der Waals surface area contributed by atoms with Crippen LogP contribution in [0, 0.1) is 17.1 Å². The van der Waals surface area contributed by atoms with Crippen molar-refractivity contribution in [3.8, 4) is 34.5 Å². The zero-order chi connectivity index (χ0) is 31.8. The lowest BCUT2D eigenvalue weighted by molar-refractivity contribution is 0.123. The van der Waals surface area contributed by atoms with Gasteiger partial charge < -0.3 is 10.6 Å². The second-order valence-electron chi connectivity index (χ2n) is 11.4. The highest BCUT2D eigenvalue weighted by Gasteiger charge is 2.30. The Labute approximate surface area is 264 Å². The molecule has 1 aromatic carbocycles. The van der Waals surface area contributed by atoms with E-state index in [0.717, 1.165) is 31.1 Å². The molecule has 1 aliphatic rings. The van der Waals surface area contributed by atoms with Crippen molar-refractivity contribution >= 4 is 22.8 Å². The molecule has 0 unspecified atom stereocenters. The largest absolute Gasteiger partial charge is 0.383 e. The lowest BCUT2D eigenvalue weighted by atomic mass is 10.1. The van der Waals surface area contributed by atoms with Crippen LogP contribution in [0.3, 0.4) is 0 Å². The summed E-state index contributed by atoms with van der Waals surface area (Å²) in [6.07, 6.45) is 4.47. The van der Waals surface area contributed by atoms with Crippen LogP contribution in [0.4, 0.5) is 16.0 Å². The first kappa shape index (κ1) is 28.9. The fourth-order valence-corrected chi connectivity index (χ4v) is 6.05. The van der Waals surface area contributed by atoms with E-state index in [1.54, 1.807) is 18.5 Å². The molecule has 0 bridgehead atoms. The first-order valence-corrected chi connectivity index (χ1v) is 14.9. The molecule has 2 N–H and O–H groups in total. The summed E-state index contributed by atoms with van der Waals surface area (Å²) in [7, 11) is 0. The summed E-state index contributed by atoms with van der Waals surface area (Å²) >= 11 is 0. The summed E-state index contributed by atoms with van der Waals surface area (Å²) < 4.78 is 15.5. The van der Waals surface area contributed by atoms with E-state index in [-0.39, 0.29) is 17.9 Å². The molecule has 6 heterocycles. The monoisotopic (exact) mass is 611 g/mol. The lowest BCUT2D eigenvalue weighted by Crippen LogP contribution is -2.56. The summed E-state index contributed by atoms with van der Waals surface area (Å²) in [5.41, 5.74) is 11.5. The van der Waals surface area contributed by atoms with E-state index in [9.17, 15) is 9.65 Å². The third-order valence-corrected chi connectivity index (χ3v) is 8.30. The Morgan fingerprint density at radius 2 is 1.65 bits per heavy atom. The normalized spacial score (nSPS) is 16.9. The summed E-state index contributed by atoms with van der Waals surface area (Å²) in [5.74, 6) is 1.53. The molecule has 5 aromatic heterocycles. The first-order valence-electron chi connectivity index (χ1n) is 14.9. The van der Waals surface area contributed by atoms with Crippen LogP contribution in [0.15, 0.2) is 85.3 Å². The lowest BCUT2D eigenvalue weighted by Gasteiger charge is -2.45. The van der Waals surface area contributed by atoms with E-state index >= 15 is 0 Å². The van der Waals surface area contributed by atoms with E-state index in [1.165, 1.54) is 17.8 Å². The molecule has 1 fully saturated rings. The maximum Gasteiger partial charge on any atom is 0.234 e. The number of halogens is 1. The summed E-state index contributed by atoms with van der Waals surface area (Å²) in [6, 6.07) is 23.2. The number of fused-ring (bicyclic) bond motifs is 1. The molecule has 0 aliphatic carbocycles. The van der Waals surface area contributed by atoms with Gasteiger partial charge in [0.2, 0.25) is 5.82 Å². The van der Waals surface area contributed by atoms with Crippen LogP contribution < -0.4 is 10.6 Å². The topological polar surface area (TPSA) is 139 Å². The van der Waals surface area contributed by atoms with Gasteiger partial charge in [-0.1, -0.05) is 12.1 Å². The molecule has 1 saturated heterocycles. The minimum Gasteiger partial charge on any atom is -0.383 e. The highest BCUT2D eigenvalue weighted by Crippen LogP contribution is 2.32. The van der Waals surface area contributed by atoms with Gasteiger partial charge >= 0.3 is 0 Å². The average molecular weight is 612 g/mol. The fourth-order valence-electron chi connectivity index (χ4n) is 6.05. The van der Waals surface area contributed by atoms with Gasteiger partial charge in [-0.05, 0) is 74.0 Å². The van der Waals surface area contributed by atoms with Gasteiger partial charge in [0.05, 0.1) is 23.1 Å². The molecule has 11 nitrogen and oxygen atoms in total. The molecule has 0 saturated carbocycles. The highest BCUT2D eigenvalue weighted by molar-refractivity contribution is 5.84. The van der Waals surface area contributed by atoms with Crippen molar-refractivity contribution in [1.82, 2.24) is 39.4 Å². The smallest absolute Gasteiger partial charge is 0.234 e. The Morgan fingerprint density at radius 1 is 0.870 bits per heavy atom. The number of hydrogen-bond acceptors (Lipinski definition) is 10. The number of rotatable bonds is 6. The van der Waals surface area contributed by atoms with Gasteiger partial charge in [-0.3, -0.25) is 14.5 Å². The minimum absolute atomic E-state index is 0.180. The Bertz CT molecular complexity index is 2060. The SMILES string of the molecule is C[C@H]1CN(c2ccnc(C#N)n2)C[C@H](C)N1Cc1ccc(-n2c(-c3cccnc3N)nc3ccc(-c4ccc(F)cn4)nc32)cc1. The number of nitrogen functional groups attached to an aromatic ring is 1. The van der Waals surface area contributed by atoms with Gasteiger partial charge in [0.15, 0.2) is 11.5 Å². The van der Waals surface area contributed by atoms with Crippen LogP contribution in [0.1, 0.15) is 25.2 Å². The van der Waals surface area contributed by atoms with Crippen LogP contribution >= 0.6 is 0 Å². The summed E-state index contributed by atoms with van der Waals surface area (Å²) in [6.45, 7) is 6.78. The molecule has 0 radical (unpaired) electrons. The zero-order valence-electron chi connectivity index (χ0n) is 25.3. The minimum atomic E-state index is -0.407. The highest BCUT2D eigenvalue weighted by atomic mass is 19.1. The van der Waals surface area contributed by atoms with E-state index < -0.39 is 5.82 Å². The number of piperazine rings is 1. The maximum absolute atomic E-state index is 13.6. The number of benzene rings is 1. The molecular formula is C34H30FN11. The van der Waals surface area contributed by atoms with Crippen LogP contribution in [0.2, 0.25) is 0 Å². The Morgan fingerprint density at radius 3 is 2.37 bits per heavy atom. The molecule has 2 atom stereocenters. The maximum atomic E-state index is 13.6. The van der Waals surface area contributed by atoms with Crippen molar-refractivity contribution in [3.63, 3.8) is 0 Å². The molecule has 228 valence electrons. The zero-order valence-corrected chi connectivity index (χ0v) is 25.3. The van der Waals surface area contributed by atoms with E-state index in [0.29, 0.717) is 39.8 Å². The first-order chi connectivity index (χ1) is 22.4. The molecule has 0 amide bonds. The number of pyridine rings is 3. The molecule has 0 spiro atoms. The third-order valence-electron chi connectivity index (χ3n) is 8.30. The number of nitriles is 1. The van der Waals surface area contributed by atoms with Crippen LogP contribution in [0.25, 0.3) is 39.6 Å². The van der Waals surface area contributed by atoms with Crippen molar-refractivity contribution in [2.45, 2.75) is 32.5 Å². The Kier molecular flexibility index (Phi) is 7.52. The second-order valence-corrected chi connectivity index (χ2v) is 11.4. The van der Waals surface area contributed by atoms with Gasteiger partial charge in [-0.25, -0.2) is 29.3 Å². The summed E-state index contributed by atoms with van der Waals surface area (Å²) in [5, 5.41) is 9.22.